The van der Waals surface area contributed by atoms with Gasteiger partial charge in [0.2, 0.25) is 8.32 Å². The lowest BCUT2D eigenvalue weighted by Gasteiger charge is -2.22. The van der Waals surface area contributed by atoms with E-state index in [9.17, 15) is 4.79 Å². The maximum absolute atomic E-state index is 12.3. The van der Waals surface area contributed by atoms with E-state index in [1.165, 1.54) is 0 Å². The molecule has 0 aliphatic heterocycles. The van der Waals surface area contributed by atoms with Crippen molar-refractivity contribution in [3.63, 3.8) is 0 Å². The van der Waals surface area contributed by atoms with Crippen LogP contribution in [-0.2, 0) is 14.0 Å². The Hall–Kier alpha value is -2.21. The highest BCUT2D eigenvalue weighted by Crippen LogP contribution is 2.28. The molecule has 0 unspecified atom stereocenters. The molecule has 1 rings (SSSR count). The average Bonchev–Trinajstić information content (AvgIpc) is 2.50. The molecular formula is C18H26O5Si. The highest BCUT2D eigenvalue weighted by molar-refractivity contribution is 6.70. The number of carbonyl (C=O) groups is 1. The van der Waals surface area contributed by atoms with Crippen LogP contribution in [0.3, 0.4) is 0 Å². The van der Waals surface area contributed by atoms with E-state index in [0.29, 0.717) is 22.8 Å². The Morgan fingerprint density at radius 3 is 2.38 bits per heavy atom. The number of benzene rings is 1. The first kappa shape index (κ1) is 19.8. The van der Waals surface area contributed by atoms with Gasteiger partial charge < -0.3 is 18.6 Å². The molecule has 0 saturated carbocycles. The van der Waals surface area contributed by atoms with Crippen molar-refractivity contribution in [1.29, 1.82) is 0 Å². The van der Waals surface area contributed by atoms with Crippen LogP contribution in [0, 0.1) is 0 Å². The molecule has 0 atom stereocenters. The van der Waals surface area contributed by atoms with Crippen LogP contribution in [0.5, 0.6) is 11.5 Å². The van der Waals surface area contributed by atoms with Gasteiger partial charge in [0, 0.05) is 11.6 Å². The van der Waals surface area contributed by atoms with Gasteiger partial charge in [0.15, 0.2) is 0 Å². The summed E-state index contributed by atoms with van der Waals surface area (Å²) in [7, 11) is 1.24. The molecule has 0 bridgehead atoms. The summed E-state index contributed by atoms with van der Waals surface area (Å²) in [5.74, 6) is 1.08. The van der Waals surface area contributed by atoms with Gasteiger partial charge >= 0.3 is 5.97 Å². The van der Waals surface area contributed by atoms with E-state index in [1.807, 2.05) is 19.6 Å². The maximum Gasteiger partial charge on any atom is 0.341 e. The van der Waals surface area contributed by atoms with E-state index in [4.69, 9.17) is 18.6 Å². The SMILES string of the molecule is C=C(O[Si](C)(C)C)/C(=C/c1ccc(OC)cc1OC)C(=O)OCC. The largest absolute Gasteiger partial charge is 0.544 e. The number of hydrogen-bond donors (Lipinski definition) is 0. The lowest BCUT2D eigenvalue weighted by molar-refractivity contribution is -0.138. The first-order chi connectivity index (χ1) is 11.2. The van der Waals surface area contributed by atoms with Crippen molar-refractivity contribution in [3.05, 3.63) is 41.7 Å². The van der Waals surface area contributed by atoms with Gasteiger partial charge in [-0.15, -0.1) is 0 Å². The van der Waals surface area contributed by atoms with Gasteiger partial charge in [-0.1, -0.05) is 6.58 Å². The smallest absolute Gasteiger partial charge is 0.341 e. The Bertz CT molecular complexity index is 629. The normalized spacial score (nSPS) is 11.7. The molecule has 0 aromatic heterocycles. The van der Waals surface area contributed by atoms with Crippen LogP contribution in [0.2, 0.25) is 19.6 Å². The zero-order chi connectivity index (χ0) is 18.3. The Morgan fingerprint density at radius 2 is 1.88 bits per heavy atom. The number of carbonyl (C=O) groups excluding carboxylic acids is 1. The molecule has 0 amide bonds. The zero-order valence-electron chi connectivity index (χ0n) is 15.3. The first-order valence-electron chi connectivity index (χ1n) is 7.71. The molecule has 132 valence electrons. The van der Waals surface area contributed by atoms with Crippen molar-refractivity contribution in [2.24, 2.45) is 0 Å². The highest BCUT2D eigenvalue weighted by Gasteiger charge is 2.23. The van der Waals surface area contributed by atoms with Gasteiger partial charge in [-0.25, -0.2) is 4.79 Å². The molecule has 0 aliphatic carbocycles. The van der Waals surface area contributed by atoms with Gasteiger partial charge in [-0.2, -0.15) is 0 Å². The zero-order valence-corrected chi connectivity index (χ0v) is 16.3. The van der Waals surface area contributed by atoms with Crippen LogP contribution in [0.15, 0.2) is 36.1 Å². The summed E-state index contributed by atoms with van der Waals surface area (Å²) < 4.78 is 21.6. The van der Waals surface area contributed by atoms with Crippen LogP contribution in [0.4, 0.5) is 0 Å². The lowest BCUT2D eigenvalue weighted by Crippen LogP contribution is -2.26. The minimum atomic E-state index is -1.91. The Labute approximate surface area is 145 Å². The molecule has 0 radical (unpaired) electrons. The summed E-state index contributed by atoms with van der Waals surface area (Å²) in [6.07, 6.45) is 1.67. The van der Waals surface area contributed by atoms with Crippen molar-refractivity contribution < 1.29 is 23.4 Å². The fourth-order valence-electron chi connectivity index (χ4n) is 1.98. The number of esters is 1. The summed E-state index contributed by atoms with van der Waals surface area (Å²) in [5, 5.41) is 0. The van der Waals surface area contributed by atoms with Gasteiger partial charge in [-0.3, -0.25) is 0 Å². The standard InChI is InChI=1S/C18H26O5Si/c1-8-22-18(19)16(13(2)23-24(5,6)7)11-14-9-10-15(20-3)12-17(14)21-4/h9-12H,2,8H2,1,3-7H3/b16-11-. The lowest BCUT2D eigenvalue weighted by atomic mass is 10.1. The number of methoxy groups -OCH3 is 2. The predicted molar refractivity (Wildman–Crippen MR) is 97.7 cm³/mol. The van der Waals surface area contributed by atoms with Crippen LogP contribution in [0.1, 0.15) is 12.5 Å². The van der Waals surface area contributed by atoms with Gasteiger partial charge in [0.05, 0.1) is 20.8 Å². The minimum absolute atomic E-state index is 0.274. The monoisotopic (exact) mass is 350 g/mol. The molecule has 0 saturated heterocycles. The van der Waals surface area contributed by atoms with Crippen LogP contribution in [0.25, 0.3) is 6.08 Å². The van der Waals surface area contributed by atoms with Crippen molar-refractivity contribution >= 4 is 20.4 Å². The second-order valence-electron chi connectivity index (χ2n) is 6.02. The van der Waals surface area contributed by atoms with Crippen molar-refractivity contribution in [2.75, 3.05) is 20.8 Å². The fraction of sp³-hybridized carbons (Fsp3) is 0.389. The number of ether oxygens (including phenoxy) is 3. The van der Waals surface area contributed by atoms with E-state index in [-0.39, 0.29) is 12.2 Å². The number of rotatable bonds is 8. The second kappa shape index (κ2) is 8.59. The third-order valence-corrected chi connectivity index (χ3v) is 3.82. The molecule has 0 fully saturated rings. The van der Waals surface area contributed by atoms with Gasteiger partial charge in [0.25, 0.3) is 0 Å². The van der Waals surface area contributed by atoms with Gasteiger partial charge in [0.1, 0.15) is 22.8 Å². The minimum Gasteiger partial charge on any atom is -0.544 e. The molecule has 0 aliphatic rings. The molecule has 5 nitrogen and oxygen atoms in total. The molecular weight excluding hydrogens is 324 g/mol. The Kier molecular flexibility index (Phi) is 7.10. The Morgan fingerprint density at radius 1 is 1.21 bits per heavy atom. The molecule has 24 heavy (non-hydrogen) atoms. The van der Waals surface area contributed by atoms with E-state index in [0.717, 1.165) is 0 Å². The molecule has 0 heterocycles. The molecule has 6 heteroatoms. The third kappa shape index (κ3) is 5.77. The van der Waals surface area contributed by atoms with E-state index in [1.54, 1.807) is 45.4 Å². The van der Waals surface area contributed by atoms with Gasteiger partial charge in [-0.05, 0) is 44.8 Å². The predicted octanol–water partition coefficient (Wildman–Crippen LogP) is 4.02. The van der Waals surface area contributed by atoms with Crippen molar-refractivity contribution in [3.8, 4) is 11.5 Å². The average molecular weight is 350 g/mol. The quantitative estimate of drug-likeness (QED) is 0.233. The molecule has 0 N–H and O–H groups in total. The van der Waals surface area contributed by atoms with Crippen LogP contribution in [-0.4, -0.2) is 35.1 Å². The first-order valence-corrected chi connectivity index (χ1v) is 11.1. The van der Waals surface area contributed by atoms with E-state index < -0.39 is 14.3 Å². The molecule has 1 aromatic rings. The van der Waals surface area contributed by atoms with E-state index in [2.05, 4.69) is 6.58 Å². The van der Waals surface area contributed by atoms with Crippen LogP contribution >= 0.6 is 0 Å². The van der Waals surface area contributed by atoms with Crippen LogP contribution < -0.4 is 9.47 Å². The Balaban J connectivity index is 3.30. The fourth-order valence-corrected chi connectivity index (χ4v) is 2.83. The van der Waals surface area contributed by atoms with Crippen molar-refractivity contribution in [1.82, 2.24) is 0 Å². The van der Waals surface area contributed by atoms with E-state index >= 15 is 0 Å². The maximum atomic E-state index is 12.3. The second-order valence-corrected chi connectivity index (χ2v) is 10.5. The number of hydrogen-bond acceptors (Lipinski definition) is 5. The summed E-state index contributed by atoms with van der Waals surface area (Å²) in [5.41, 5.74) is 0.990. The molecule has 1 aromatic carbocycles. The topological polar surface area (TPSA) is 54.0 Å². The molecule has 0 spiro atoms. The summed E-state index contributed by atoms with van der Waals surface area (Å²) in [4.78, 5) is 12.3. The highest BCUT2D eigenvalue weighted by atomic mass is 28.4. The summed E-state index contributed by atoms with van der Waals surface area (Å²) >= 11 is 0. The third-order valence-electron chi connectivity index (χ3n) is 2.97. The van der Waals surface area contributed by atoms with Crippen molar-refractivity contribution in [2.45, 2.75) is 26.6 Å². The summed E-state index contributed by atoms with van der Waals surface area (Å²) in [6.45, 7) is 12.0. The summed E-state index contributed by atoms with van der Waals surface area (Å²) in [6, 6.07) is 5.34.